The van der Waals surface area contributed by atoms with Crippen molar-refractivity contribution < 1.29 is 14.6 Å². The quantitative estimate of drug-likeness (QED) is 0.345. The first-order valence-corrected chi connectivity index (χ1v) is 10.3. The number of nitrogens with one attached hydrogen (secondary N) is 1. The van der Waals surface area contributed by atoms with Gasteiger partial charge in [0, 0.05) is 34.8 Å². The molecular weight excluding hydrogens is 416 g/mol. The Morgan fingerprint density at radius 1 is 1.21 bits per heavy atom. The van der Waals surface area contributed by atoms with Crippen LogP contribution in [0.5, 0.6) is 11.5 Å². The van der Waals surface area contributed by atoms with Crippen molar-refractivity contribution in [2.24, 2.45) is 5.10 Å². The number of carbonyl (C=O) groups is 1. The minimum Gasteiger partial charge on any atom is -0.507 e. The lowest BCUT2D eigenvalue weighted by atomic mass is 10.1. The number of carbonyl (C=O) groups excluding carboxylic acids is 1. The second kappa shape index (κ2) is 9.28. The van der Waals surface area contributed by atoms with E-state index >= 15 is 0 Å². The van der Waals surface area contributed by atoms with Crippen LogP contribution >= 0.6 is 0 Å². The van der Waals surface area contributed by atoms with Gasteiger partial charge in [0.2, 0.25) is 0 Å². The summed E-state index contributed by atoms with van der Waals surface area (Å²) in [6.45, 7) is 2.74. The molecule has 1 amide bonds. The van der Waals surface area contributed by atoms with Crippen LogP contribution in [-0.2, 0) is 6.54 Å². The molecule has 0 radical (unpaired) electrons. The first-order valence-electron chi connectivity index (χ1n) is 10.3. The number of nitrogens with zero attached hydrogens (tertiary/aromatic N) is 3. The van der Waals surface area contributed by atoms with Crippen molar-refractivity contribution in [3.63, 3.8) is 0 Å². The Morgan fingerprint density at radius 2 is 2.06 bits per heavy atom. The van der Waals surface area contributed by atoms with Crippen LogP contribution in [0.4, 0.5) is 0 Å². The predicted octanol–water partition coefficient (Wildman–Crippen LogP) is 4.35. The Morgan fingerprint density at radius 3 is 2.82 bits per heavy atom. The van der Waals surface area contributed by atoms with Crippen LogP contribution in [0, 0.1) is 18.3 Å². The molecular formula is C26H22N4O3. The van der Waals surface area contributed by atoms with E-state index in [0.29, 0.717) is 6.54 Å². The largest absolute Gasteiger partial charge is 0.507 e. The highest BCUT2D eigenvalue weighted by molar-refractivity contribution is 6.00. The monoisotopic (exact) mass is 438 g/mol. The molecule has 0 aliphatic rings. The summed E-state index contributed by atoms with van der Waals surface area (Å²) in [6.07, 6.45) is 3.62. The summed E-state index contributed by atoms with van der Waals surface area (Å²) in [5.41, 5.74) is 6.91. The topological polar surface area (TPSA) is 99.6 Å². The van der Waals surface area contributed by atoms with Crippen molar-refractivity contribution >= 4 is 23.0 Å². The maximum absolute atomic E-state index is 12.3. The number of benzene rings is 3. The van der Waals surface area contributed by atoms with Gasteiger partial charge in [-0.05, 0) is 54.4 Å². The molecule has 7 nitrogen and oxygen atoms in total. The first-order chi connectivity index (χ1) is 16.0. The molecule has 7 heteroatoms. The summed E-state index contributed by atoms with van der Waals surface area (Å²) in [6, 6.07) is 20.0. The van der Waals surface area contributed by atoms with Gasteiger partial charge in [-0.1, -0.05) is 24.3 Å². The second-order valence-electron chi connectivity index (χ2n) is 7.57. The number of rotatable bonds is 6. The zero-order chi connectivity index (χ0) is 23.4. The minimum absolute atomic E-state index is 0.0322. The van der Waals surface area contributed by atoms with Gasteiger partial charge >= 0.3 is 0 Å². The van der Waals surface area contributed by atoms with Crippen molar-refractivity contribution in [3.8, 4) is 17.6 Å². The molecule has 2 N–H and O–H groups in total. The van der Waals surface area contributed by atoms with Crippen molar-refractivity contribution in [3.05, 3.63) is 94.7 Å². The Kier molecular flexibility index (Phi) is 6.09. The number of phenols is 1. The zero-order valence-electron chi connectivity index (χ0n) is 18.2. The van der Waals surface area contributed by atoms with Gasteiger partial charge in [-0.25, -0.2) is 5.43 Å². The summed E-state index contributed by atoms with van der Waals surface area (Å²) in [4.78, 5) is 12.3. The highest BCUT2D eigenvalue weighted by Crippen LogP contribution is 2.23. The Hall–Kier alpha value is -4.57. The number of amides is 1. The normalized spacial score (nSPS) is 10.9. The molecule has 0 fully saturated rings. The average Bonchev–Trinajstić information content (AvgIpc) is 3.23. The molecule has 1 heterocycles. The third kappa shape index (κ3) is 4.55. The van der Waals surface area contributed by atoms with Crippen LogP contribution in [0.3, 0.4) is 0 Å². The smallest absolute Gasteiger partial charge is 0.271 e. The van der Waals surface area contributed by atoms with E-state index in [9.17, 15) is 9.90 Å². The Labute approximate surface area is 191 Å². The standard InChI is InChI=1S/C26H22N4O3/c1-17-12-18(6-9-25(17)33-2)16-30-11-10-22-20(4-3-5-23(22)30)15-28-29-26(32)19-7-8-24(31)21(13-19)14-27/h3-13,15,31H,16H2,1-2H3,(H,29,32)/b28-15+. The third-order valence-corrected chi connectivity index (χ3v) is 5.41. The van der Waals surface area contributed by atoms with Gasteiger partial charge in [0.05, 0.1) is 18.9 Å². The average molecular weight is 438 g/mol. The van der Waals surface area contributed by atoms with Crippen molar-refractivity contribution in [1.29, 1.82) is 5.26 Å². The Balaban J connectivity index is 1.52. The highest BCUT2D eigenvalue weighted by atomic mass is 16.5. The summed E-state index contributed by atoms with van der Waals surface area (Å²) in [5.74, 6) is 0.230. The van der Waals surface area contributed by atoms with Gasteiger partial charge in [-0.3, -0.25) is 4.79 Å². The number of nitriles is 1. The number of aromatic nitrogens is 1. The molecule has 33 heavy (non-hydrogen) atoms. The maximum atomic E-state index is 12.3. The molecule has 164 valence electrons. The SMILES string of the molecule is COc1ccc(Cn2ccc3c(/C=N/NC(=O)c4ccc(O)c(C#N)c4)cccc32)cc1C. The van der Waals surface area contributed by atoms with Gasteiger partial charge in [0.1, 0.15) is 17.6 Å². The van der Waals surface area contributed by atoms with Crippen molar-refractivity contribution in [1.82, 2.24) is 9.99 Å². The van der Waals surface area contributed by atoms with Gasteiger partial charge in [0.25, 0.3) is 5.91 Å². The number of methoxy groups -OCH3 is 1. The third-order valence-electron chi connectivity index (χ3n) is 5.41. The van der Waals surface area contributed by atoms with E-state index in [1.165, 1.54) is 23.8 Å². The van der Waals surface area contributed by atoms with E-state index in [2.05, 4.69) is 27.2 Å². The molecule has 4 aromatic rings. The lowest BCUT2D eigenvalue weighted by Gasteiger charge is -2.10. The van der Waals surface area contributed by atoms with E-state index in [1.807, 2.05) is 49.5 Å². The van der Waals surface area contributed by atoms with E-state index < -0.39 is 5.91 Å². The van der Waals surface area contributed by atoms with E-state index in [1.54, 1.807) is 13.3 Å². The minimum atomic E-state index is -0.470. The first kappa shape index (κ1) is 21.7. The lowest BCUT2D eigenvalue weighted by molar-refractivity contribution is 0.0955. The van der Waals surface area contributed by atoms with E-state index in [-0.39, 0.29) is 16.9 Å². The second-order valence-corrected chi connectivity index (χ2v) is 7.57. The number of hydrogen-bond donors (Lipinski definition) is 2. The van der Waals surface area contributed by atoms with E-state index in [0.717, 1.165) is 27.8 Å². The molecule has 0 spiro atoms. The molecule has 0 aliphatic carbocycles. The van der Waals surface area contributed by atoms with Gasteiger partial charge in [-0.2, -0.15) is 10.4 Å². The molecule has 3 aromatic carbocycles. The lowest BCUT2D eigenvalue weighted by Crippen LogP contribution is -2.17. The molecule has 0 saturated carbocycles. The van der Waals surface area contributed by atoms with Crippen LogP contribution in [0.2, 0.25) is 0 Å². The van der Waals surface area contributed by atoms with Gasteiger partial charge in [0.15, 0.2) is 0 Å². The summed E-state index contributed by atoms with van der Waals surface area (Å²) in [5, 5.41) is 23.7. The summed E-state index contributed by atoms with van der Waals surface area (Å²) >= 11 is 0. The number of hydrazone groups is 1. The maximum Gasteiger partial charge on any atom is 0.271 e. The van der Waals surface area contributed by atoms with Crippen molar-refractivity contribution in [2.45, 2.75) is 13.5 Å². The molecule has 0 aliphatic heterocycles. The van der Waals surface area contributed by atoms with E-state index in [4.69, 9.17) is 10.00 Å². The number of aryl methyl sites for hydroxylation is 1. The van der Waals surface area contributed by atoms with Gasteiger partial charge < -0.3 is 14.4 Å². The van der Waals surface area contributed by atoms with Crippen LogP contribution in [-0.4, -0.2) is 28.9 Å². The zero-order valence-corrected chi connectivity index (χ0v) is 18.2. The molecule has 0 bridgehead atoms. The molecule has 0 saturated heterocycles. The Bertz CT molecular complexity index is 1410. The molecule has 0 unspecified atom stereocenters. The van der Waals surface area contributed by atoms with Crippen LogP contribution in [0.15, 0.2) is 72.0 Å². The van der Waals surface area contributed by atoms with Crippen LogP contribution in [0.1, 0.15) is 32.6 Å². The number of phenolic OH excluding ortho intramolecular Hbond substituents is 1. The summed E-state index contributed by atoms with van der Waals surface area (Å²) < 4.78 is 7.50. The number of ether oxygens (including phenoxy) is 1. The molecule has 1 aromatic heterocycles. The van der Waals surface area contributed by atoms with Crippen LogP contribution < -0.4 is 10.2 Å². The number of aromatic hydroxyl groups is 1. The number of hydrogen-bond acceptors (Lipinski definition) is 5. The fourth-order valence-corrected chi connectivity index (χ4v) is 3.73. The van der Waals surface area contributed by atoms with Crippen molar-refractivity contribution in [2.75, 3.05) is 7.11 Å². The molecule has 4 rings (SSSR count). The number of fused-ring (bicyclic) bond motifs is 1. The fourth-order valence-electron chi connectivity index (χ4n) is 3.73. The summed E-state index contributed by atoms with van der Waals surface area (Å²) in [7, 11) is 1.67. The highest BCUT2D eigenvalue weighted by Gasteiger charge is 2.09. The van der Waals surface area contributed by atoms with Crippen LogP contribution in [0.25, 0.3) is 10.9 Å². The predicted molar refractivity (Wildman–Crippen MR) is 127 cm³/mol. The fraction of sp³-hybridized carbons (Fsp3) is 0.115. The van der Waals surface area contributed by atoms with Gasteiger partial charge in [-0.15, -0.1) is 0 Å². The molecule has 0 atom stereocenters.